The first-order valence-electron chi connectivity index (χ1n) is 9.58. The molecule has 2 aromatic rings. The van der Waals surface area contributed by atoms with Gasteiger partial charge in [-0.3, -0.25) is 10.1 Å². The van der Waals surface area contributed by atoms with E-state index in [0.717, 1.165) is 6.42 Å². The molecule has 1 unspecified atom stereocenters. The lowest BCUT2D eigenvalue weighted by Crippen LogP contribution is -2.64. The first-order chi connectivity index (χ1) is 13.7. The zero-order valence-corrected chi connectivity index (χ0v) is 18.8. The average Bonchev–Trinajstić information content (AvgIpc) is 3.20. The van der Waals surface area contributed by atoms with Crippen LogP contribution in [0.2, 0.25) is 13.1 Å². The van der Waals surface area contributed by atoms with E-state index in [-0.39, 0.29) is 5.82 Å². The van der Waals surface area contributed by atoms with Gasteiger partial charge in [0.05, 0.1) is 12.9 Å². The minimum absolute atomic E-state index is 0.217. The third kappa shape index (κ3) is 3.37. The minimum atomic E-state index is -2.33. The fourth-order valence-corrected chi connectivity index (χ4v) is 7.71. The molecule has 3 rings (SSSR count). The van der Waals surface area contributed by atoms with Crippen LogP contribution in [-0.4, -0.2) is 67.8 Å². The normalized spacial score (nSPS) is 31.0. The Bertz CT molecular complexity index is 856. The smallest absolute Gasteiger partial charge is 0.250 e. The lowest BCUT2D eigenvalue weighted by Gasteiger charge is -2.48. The van der Waals surface area contributed by atoms with E-state index in [1.165, 1.54) is 12.7 Å². The van der Waals surface area contributed by atoms with Gasteiger partial charge in [-0.15, -0.1) is 0 Å². The minimum Gasteiger partial charge on any atom is -0.394 e. The van der Waals surface area contributed by atoms with E-state index in [9.17, 15) is 15.1 Å². The quantitative estimate of drug-likeness (QED) is 0.274. The van der Waals surface area contributed by atoms with Crippen molar-refractivity contribution in [1.82, 2.24) is 19.5 Å². The molecule has 2 aromatic heterocycles. The highest BCUT2D eigenvalue weighted by Gasteiger charge is 2.69. The average molecular weight is 445 g/mol. The number of imidazole rings is 1. The first kappa shape index (κ1) is 22.4. The maximum Gasteiger partial charge on any atom is 0.250 e. The Labute approximate surface area is 171 Å². The number of fused-ring (bicyclic) bond motifs is 1. The highest BCUT2D eigenvalue weighted by atomic mass is 31.2. The molecule has 0 spiro atoms. The largest absolute Gasteiger partial charge is 0.394 e. The second-order valence-electron chi connectivity index (χ2n) is 7.57. The number of ether oxygens (including phenoxy) is 1. The van der Waals surface area contributed by atoms with Crippen molar-refractivity contribution in [2.75, 3.05) is 12.3 Å². The maximum atomic E-state index is 11.2. The van der Waals surface area contributed by atoms with E-state index < -0.39 is 47.1 Å². The highest BCUT2D eigenvalue weighted by molar-refractivity contribution is 7.43. The molecule has 3 heterocycles. The molecule has 1 aliphatic rings. The molecule has 1 aliphatic heterocycles. The van der Waals surface area contributed by atoms with Gasteiger partial charge in [-0.05, 0) is 6.42 Å². The number of hydrogen-bond donors (Lipinski definition) is 5. The lowest BCUT2D eigenvalue weighted by atomic mass is 9.88. The summed E-state index contributed by atoms with van der Waals surface area (Å²) in [6, 6.07) is 0. The summed E-state index contributed by atoms with van der Waals surface area (Å²) < 4.78 is 14.0. The van der Waals surface area contributed by atoms with Crippen molar-refractivity contribution in [3.05, 3.63) is 12.7 Å². The molecular weight excluding hydrogens is 415 g/mol. The molecule has 0 aromatic carbocycles. The molecule has 11 nitrogen and oxygen atoms in total. The van der Waals surface area contributed by atoms with Gasteiger partial charge >= 0.3 is 0 Å². The van der Waals surface area contributed by atoms with Crippen molar-refractivity contribution < 1.29 is 24.4 Å². The molecule has 5 atom stereocenters. The van der Waals surface area contributed by atoms with Crippen molar-refractivity contribution in [1.29, 1.82) is 0 Å². The van der Waals surface area contributed by atoms with E-state index in [1.54, 1.807) is 4.57 Å². The van der Waals surface area contributed by atoms with Crippen LogP contribution < -0.4 is 11.2 Å². The van der Waals surface area contributed by atoms with Gasteiger partial charge in [-0.25, -0.2) is 15.0 Å². The summed E-state index contributed by atoms with van der Waals surface area (Å²) in [4.78, 5) is 22.7. The number of anilines is 1. The fraction of sp³-hybridized carbons (Fsp3) is 0.688. The Morgan fingerprint density at radius 3 is 2.69 bits per heavy atom. The van der Waals surface area contributed by atoms with Crippen molar-refractivity contribution in [2.24, 2.45) is 5.50 Å². The molecular formula is C16H29N6O5PSi. The van der Waals surface area contributed by atoms with Crippen LogP contribution >= 0.6 is 8.53 Å². The number of nitrogens with two attached hydrogens (primary N) is 2. The van der Waals surface area contributed by atoms with Crippen LogP contribution in [0.5, 0.6) is 0 Å². The SMILES string of the molecule is CCCC[C@@]1(OP(N)O)[C@H](O)[C@@H](CO)O[C@]1(n1cnc2c(N)ncnc21)[SiH](C)C. The third-order valence-corrected chi connectivity index (χ3v) is 8.59. The van der Waals surface area contributed by atoms with Crippen molar-refractivity contribution >= 4 is 34.3 Å². The Morgan fingerprint density at radius 2 is 2.10 bits per heavy atom. The van der Waals surface area contributed by atoms with E-state index in [1.807, 2.05) is 20.0 Å². The molecule has 0 amide bonds. The molecule has 1 fully saturated rings. The van der Waals surface area contributed by atoms with E-state index in [4.69, 9.17) is 20.5 Å². The molecule has 7 N–H and O–H groups in total. The predicted octanol–water partition coefficient (Wildman–Crippen LogP) is -0.0373. The number of nitrogens with zero attached hydrogens (tertiary/aromatic N) is 4. The summed E-state index contributed by atoms with van der Waals surface area (Å²) in [5.74, 6) is 0.217. The van der Waals surface area contributed by atoms with Gasteiger partial charge in [-0.1, -0.05) is 32.9 Å². The monoisotopic (exact) mass is 444 g/mol. The second kappa shape index (κ2) is 8.48. The number of aliphatic hydroxyl groups excluding tert-OH is 2. The number of nitrogen functional groups attached to an aromatic ring is 1. The summed E-state index contributed by atoms with van der Waals surface area (Å²) >= 11 is 0. The number of rotatable bonds is 8. The van der Waals surface area contributed by atoms with Crippen LogP contribution in [0, 0.1) is 0 Å². The third-order valence-electron chi connectivity index (χ3n) is 5.61. The van der Waals surface area contributed by atoms with Crippen molar-refractivity contribution in [2.45, 2.75) is 62.4 Å². The summed E-state index contributed by atoms with van der Waals surface area (Å²) in [6.07, 6.45) is 2.61. The van der Waals surface area contributed by atoms with Crippen molar-refractivity contribution in [3.8, 4) is 0 Å². The Kier molecular flexibility index (Phi) is 6.56. The number of unbranched alkanes of at least 4 members (excludes halogenated alkanes) is 1. The molecule has 0 saturated carbocycles. The summed E-state index contributed by atoms with van der Waals surface area (Å²) in [5, 5.41) is 19.9. The van der Waals surface area contributed by atoms with Crippen LogP contribution in [0.1, 0.15) is 26.2 Å². The molecule has 162 valence electrons. The summed E-state index contributed by atoms with van der Waals surface area (Å²) in [7, 11) is -4.27. The molecule has 0 aliphatic carbocycles. The topological polar surface area (TPSA) is 175 Å². The van der Waals surface area contributed by atoms with Crippen LogP contribution in [0.25, 0.3) is 11.2 Å². The fourth-order valence-electron chi connectivity index (χ4n) is 4.40. The van der Waals surface area contributed by atoms with Gasteiger partial charge in [0.15, 0.2) is 16.8 Å². The van der Waals surface area contributed by atoms with Gasteiger partial charge in [0, 0.05) is 0 Å². The van der Waals surface area contributed by atoms with Gasteiger partial charge in [0.25, 0.3) is 8.53 Å². The predicted molar refractivity (Wildman–Crippen MR) is 111 cm³/mol. The number of hydrogen-bond acceptors (Lipinski definition) is 10. The molecule has 29 heavy (non-hydrogen) atoms. The molecule has 13 heteroatoms. The summed E-state index contributed by atoms with van der Waals surface area (Å²) in [5.41, 5.74) is 11.1. The molecule has 0 radical (unpaired) electrons. The van der Waals surface area contributed by atoms with Crippen LogP contribution in [0.4, 0.5) is 5.82 Å². The lowest BCUT2D eigenvalue weighted by molar-refractivity contribution is -0.132. The second-order valence-corrected chi connectivity index (χ2v) is 11.4. The molecule has 1 saturated heterocycles. The number of aromatic nitrogens is 4. The Balaban J connectivity index is 2.33. The van der Waals surface area contributed by atoms with Crippen molar-refractivity contribution in [3.63, 3.8) is 0 Å². The van der Waals surface area contributed by atoms with Gasteiger partial charge in [0.2, 0.25) is 0 Å². The first-order valence-corrected chi connectivity index (χ1v) is 13.8. The zero-order valence-electron chi connectivity index (χ0n) is 16.8. The van der Waals surface area contributed by atoms with Crippen LogP contribution in [-0.2, 0) is 14.6 Å². The van der Waals surface area contributed by atoms with E-state index in [2.05, 4.69) is 15.0 Å². The zero-order chi connectivity index (χ0) is 21.4. The van der Waals surface area contributed by atoms with Gasteiger partial charge in [-0.2, -0.15) is 0 Å². The Hall–Kier alpha value is -1.24. The van der Waals surface area contributed by atoms with E-state index >= 15 is 0 Å². The number of aliphatic hydroxyl groups is 2. The van der Waals surface area contributed by atoms with Gasteiger partial charge in [0.1, 0.15) is 38.4 Å². The van der Waals surface area contributed by atoms with E-state index in [0.29, 0.717) is 24.0 Å². The van der Waals surface area contributed by atoms with Crippen LogP contribution in [0.3, 0.4) is 0 Å². The Morgan fingerprint density at radius 1 is 1.38 bits per heavy atom. The standard InChI is InChI=1S/C16H29N6O5PSi/c1-4-5-6-15(27-28(18)25)12(24)10(7-23)26-16(15,29(2)3)22-9-21-11-13(17)19-8-20-14(11)22/h8-10,12,23-25,29H,4-7,18H2,1-3H3,(H2,17,19,20)/t10-,12-,15-,16+,28?/m1/s1. The van der Waals surface area contributed by atoms with Crippen LogP contribution in [0.15, 0.2) is 12.7 Å². The highest BCUT2D eigenvalue weighted by Crippen LogP contribution is 2.55. The summed E-state index contributed by atoms with van der Waals surface area (Å²) in [6.45, 7) is 5.66. The molecule has 0 bridgehead atoms. The van der Waals surface area contributed by atoms with Gasteiger partial charge < -0.3 is 30.1 Å². The maximum absolute atomic E-state index is 11.2.